The van der Waals surface area contributed by atoms with Crippen molar-refractivity contribution < 1.29 is 23.8 Å². The zero-order valence-electron chi connectivity index (χ0n) is 20.8. The van der Waals surface area contributed by atoms with Gasteiger partial charge >= 0.3 is 0 Å². The topological polar surface area (TPSA) is 106 Å². The molecule has 5 rings (SSSR count). The van der Waals surface area contributed by atoms with E-state index in [1.54, 1.807) is 24.3 Å². The maximum atomic E-state index is 13.4. The number of hydrogen-bond acceptors (Lipinski definition) is 9. The van der Waals surface area contributed by atoms with Crippen molar-refractivity contribution in [2.75, 3.05) is 11.5 Å². The van der Waals surface area contributed by atoms with Gasteiger partial charge in [-0.1, -0.05) is 72.0 Å². The molecule has 0 saturated carbocycles. The summed E-state index contributed by atoms with van der Waals surface area (Å²) in [6, 6.07) is 17.5. The Hall–Kier alpha value is -3.89. The van der Waals surface area contributed by atoms with Crippen molar-refractivity contribution in [1.82, 2.24) is 10.2 Å². The number of thioether (sulfide) groups is 1. The highest BCUT2D eigenvalue weighted by Gasteiger charge is 2.46. The van der Waals surface area contributed by atoms with Gasteiger partial charge in [0, 0.05) is 5.75 Å². The van der Waals surface area contributed by atoms with Gasteiger partial charge in [-0.3, -0.25) is 14.5 Å². The third-order valence-electron chi connectivity index (χ3n) is 5.93. The van der Waals surface area contributed by atoms with Crippen LogP contribution in [0.3, 0.4) is 0 Å². The van der Waals surface area contributed by atoms with Crippen LogP contribution in [0.4, 0.5) is 5.13 Å². The number of carbonyl (C=O) groups excluding carboxylic acids is 2. The number of carbonyl (C=O) groups is 2. The number of ketones is 1. The van der Waals surface area contributed by atoms with Crippen LogP contribution >= 0.6 is 23.1 Å². The highest BCUT2D eigenvalue weighted by molar-refractivity contribution is 8.00. The highest BCUT2D eigenvalue weighted by atomic mass is 32.2. The van der Waals surface area contributed by atoms with Crippen molar-refractivity contribution in [2.24, 2.45) is 0 Å². The standard InChI is InChI=1S/C28H25N3O5S2/c1-3-13-35-20-7-4-6-19(15-20)23-22(24(32)21-8-5-14-36-21)25(33)26(34)31(23)27-29-30-28(38-27)37-16-18-11-9-17(2)10-12-18/h4-12,14-15,23,33H,3,13,16H2,1-2H3. The summed E-state index contributed by atoms with van der Waals surface area (Å²) in [5, 5.41) is 19.7. The van der Waals surface area contributed by atoms with Crippen molar-refractivity contribution in [3.05, 3.63) is 101 Å². The Morgan fingerprint density at radius 3 is 2.71 bits per heavy atom. The fraction of sp³-hybridized carbons (Fsp3) is 0.214. The minimum Gasteiger partial charge on any atom is -0.503 e. The molecule has 2 aromatic heterocycles. The Balaban J connectivity index is 1.49. The van der Waals surface area contributed by atoms with E-state index in [9.17, 15) is 14.7 Å². The molecule has 1 atom stereocenters. The summed E-state index contributed by atoms with van der Waals surface area (Å²) in [5.74, 6) is -0.631. The lowest BCUT2D eigenvalue weighted by Gasteiger charge is -2.24. The Kier molecular flexibility index (Phi) is 7.62. The largest absolute Gasteiger partial charge is 0.503 e. The maximum Gasteiger partial charge on any atom is 0.296 e. The Bertz CT molecular complexity index is 1480. The van der Waals surface area contributed by atoms with Gasteiger partial charge in [0.05, 0.1) is 24.5 Å². The van der Waals surface area contributed by atoms with Gasteiger partial charge in [0.1, 0.15) is 5.75 Å². The van der Waals surface area contributed by atoms with Crippen LogP contribution in [0.2, 0.25) is 0 Å². The molecule has 0 aliphatic carbocycles. The third-order valence-corrected chi connectivity index (χ3v) is 8.06. The van der Waals surface area contributed by atoms with Crippen molar-refractivity contribution in [3.8, 4) is 5.75 Å². The smallest absolute Gasteiger partial charge is 0.296 e. The lowest BCUT2D eigenvalue weighted by atomic mass is 9.95. The molecule has 4 aromatic rings. The van der Waals surface area contributed by atoms with Gasteiger partial charge in [0.25, 0.3) is 5.91 Å². The van der Waals surface area contributed by atoms with E-state index >= 15 is 0 Å². The first-order chi connectivity index (χ1) is 18.5. The molecule has 1 unspecified atom stereocenters. The van der Waals surface area contributed by atoms with E-state index < -0.39 is 23.5 Å². The number of Topliss-reactive ketones (excluding diaryl/α,β-unsaturated/α-hetero) is 1. The zero-order valence-corrected chi connectivity index (χ0v) is 22.4. The van der Waals surface area contributed by atoms with Crippen LogP contribution in [0.15, 0.2) is 87.0 Å². The Labute approximate surface area is 228 Å². The number of anilines is 1. The summed E-state index contributed by atoms with van der Waals surface area (Å²) in [5.41, 5.74) is 2.84. The van der Waals surface area contributed by atoms with Gasteiger partial charge < -0.3 is 14.3 Å². The van der Waals surface area contributed by atoms with Crippen molar-refractivity contribution in [3.63, 3.8) is 0 Å². The second-order valence-corrected chi connectivity index (χ2v) is 10.9. The summed E-state index contributed by atoms with van der Waals surface area (Å²) in [6.45, 7) is 4.57. The molecule has 1 aliphatic rings. The Morgan fingerprint density at radius 2 is 1.97 bits per heavy atom. The molecule has 1 aliphatic heterocycles. The fourth-order valence-corrected chi connectivity index (χ4v) is 5.90. The zero-order chi connectivity index (χ0) is 26.6. The first-order valence-electron chi connectivity index (χ1n) is 12.1. The minimum absolute atomic E-state index is 0.0243. The van der Waals surface area contributed by atoms with E-state index in [4.69, 9.17) is 9.15 Å². The second kappa shape index (κ2) is 11.2. The molecule has 0 fully saturated rings. The molecule has 38 heavy (non-hydrogen) atoms. The Morgan fingerprint density at radius 1 is 1.16 bits per heavy atom. The van der Waals surface area contributed by atoms with Crippen LogP contribution in [-0.2, 0) is 10.5 Å². The number of rotatable bonds is 10. The van der Waals surface area contributed by atoms with Gasteiger partial charge in [-0.25, -0.2) is 0 Å². The molecule has 3 heterocycles. The third kappa shape index (κ3) is 5.23. The van der Waals surface area contributed by atoms with E-state index in [0.717, 1.165) is 12.0 Å². The number of furan rings is 1. The average Bonchev–Trinajstić information content (AvgIpc) is 3.68. The fourth-order valence-electron chi connectivity index (χ4n) is 4.07. The summed E-state index contributed by atoms with van der Waals surface area (Å²) < 4.78 is 11.8. The predicted octanol–water partition coefficient (Wildman–Crippen LogP) is 6.30. The molecule has 1 amide bonds. The van der Waals surface area contributed by atoms with E-state index in [-0.39, 0.29) is 16.5 Å². The average molecular weight is 548 g/mol. The molecule has 2 aromatic carbocycles. The summed E-state index contributed by atoms with van der Waals surface area (Å²) >= 11 is 2.73. The van der Waals surface area contributed by atoms with Crippen LogP contribution in [0.5, 0.6) is 5.75 Å². The summed E-state index contributed by atoms with van der Waals surface area (Å²) in [4.78, 5) is 28.1. The molecular weight excluding hydrogens is 522 g/mol. The monoisotopic (exact) mass is 547 g/mol. The number of aromatic nitrogens is 2. The number of benzene rings is 2. The number of ether oxygens (including phenoxy) is 1. The summed E-state index contributed by atoms with van der Waals surface area (Å²) in [7, 11) is 0. The minimum atomic E-state index is -0.937. The number of nitrogens with zero attached hydrogens (tertiary/aromatic N) is 3. The van der Waals surface area contributed by atoms with Crippen molar-refractivity contribution >= 4 is 39.9 Å². The quantitative estimate of drug-likeness (QED) is 0.140. The van der Waals surface area contributed by atoms with Crippen LogP contribution in [0, 0.1) is 6.92 Å². The van der Waals surface area contributed by atoms with Gasteiger partial charge in [-0.05, 0) is 48.7 Å². The first-order valence-corrected chi connectivity index (χ1v) is 13.9. The molecule has 0 bridgehead atoms. The number of aliphatic hydroxyl groups is 1. The van der Waals surface area contributed by atoms with E-state index in [0.29, 0.717) is 28.0 Å². The lowest BCUT2D eigenvalue weighted by Crippen LogP contribution is -2.31. The lowest BCUT2D eigenvalue weighted by molar-refractivity contribution is -0.117. The van der Waals surface area contributed by atoms with Gasteiger partial charge in [-0.2, -0.15) is 0 Å². The van der Waals surface area contributed by atoms with E-state index in [1.807, 2.05) is 19.9 Å². The molecule has 0 radical (unpaired) electrons. The molecule has 8 nitrogen and oxygen atoms in total. The van der Waals surface area contributed by atoms with Crippen LogP contribution < -0.4 is 9.64 Å². The maximum absolute atomic E-state index is 13.4. The predicted molar refractivity (Wildman–Crippen MR) is 146 cm³/mol. The SMILES string of the molecule is CCCOc1cccc(C2C(C(=O)c3ccco3)=C(O)C(=O)N2c2nnc(SCc3ccc(C)cc3)s2)c1. The van der Waals surface area contributed by atoms with Crippen LogP contribution in [0.25, 0.3) is 0 Å². The van der Waals surface area contributed by atoms with Crippen molar-refractivity contribution in [1.29, 1.82) is 0 Å². The molecule has 0 saturated heterocycles. The number of aliphatic hydroxyl groups excluding tert-OH is 1. The number of aryl methyl sites for hydroxylation is 1. The van der Waals surface area contributed by atoms with Gasteiger partial charge in [-0.15, -0.1) is 10.2 Å². The first kappa shape index (κ1) is 25.7. The molecular formula is C28H25N3O5S2. The van der Waals surface area contributed by atoms with Crippen molar-refractivity contribution in [2.45, 2.75) is 36.4 Å². The number of amides is 1. The number of hydrogen-bond donors (Lipinski definition) is 1. The normalized spacial score (nSPS) is 15.4. The second-order valence-electron chi connectivity index (χ2n) is 8.69. The molecule has 0 spiro atoms. The van der Waals surface area contributed by atoms with Gasteiger partial charge in [0.15, 0.2) is 15.9 Å². The molecule has 10 heteroatoms. The molecule has 1 N–H and O–H groups in total. The van der Waals surface area contributed by atoms with Crippen LogP contribution in [-0.4, -0.2) is 33.6 Å². The van der Waals surface area contributed by atoms with Gasteiger partial charge in [0.2, 0.25) is 10.9 Å². The van der Waals surface area contributed by atoms with Crippen LogP contribution in [0.1, 0.15) is 46.6 Å². The highest BCUT2D eigenvalue weighted by Crippen LogP contribution is 2.44. The summed E-state index contributed by atoms with van der Waals surface area (Å²) in [6.07, 6.45) is 2.20. The molecule has 194 valence electrons. The van der Waals surface area contributed by atoms with E-state index in [1.165, 1.54) is 45.9 Å². The van der Waals surface area contributed by atoms with E-state index in [2.05, 4.69) is 34.5 Å².